The van der Waals surface area contributed by atoms with Crippen LogP contribution in [0.15, 0.2) is 48.6 Å². The second-order valence-corrected chi connectivity index (χ2v) is 19.2. The predicted molar refractivity (Wildman–Crippen MR) is 284 cm³/mol. The number of rotatable bonds is 52. The van der Waals surface area contributed by atoms with Gasteiger partial charge in [0.1, 0.15) is 13.2 Å². The van der Waals surface area contributed by atoms with Crippen LogP contribution in [-0.4, -0.2) is 37.2 Å². The summed E-state index contributed by atoms with van der Waals surface area (Å²) in [5, 5.41) is 0. The summed E-state index contributed by atoms with van der Waals surface area (Å²) < 4.78 is 16.8. The molecule has 66 heavy (non-hydrogen) atoms. The number of allylic oxidation sites excluding steroid dienone is 8. The van der Waals surface area contributed by atoms with E-state index in [2.05, 4.69) is 69.4 Å². The molecule has 0 saturated heterocycles. The summed E-state index contributed by atoms with van der Waals surface area (Å²) >= 11 is 0. The van der Waals surface area contributed by atoms with Crippen molar-refractivity contribution < 1.29 is 28.6 Å². The van der Waals surface area contributed by atoms with Gasteiger partial charge in [0, 0.05) is 19.3 Å². The third-order valence-corrected chi connectivity index (χ3v) is 12.5. The van der Waals surface area contributed by atoms with Crippen molar-refractivity contribution in [2.24, 2.45) is 0 Å². The Balaban J connectivity index is 4.30. The van der Waals surface area contributed by atoms with Crippen LogP contribution in [0.25, 0.3) is 0 Å². The van der Waals surface area contributed by atoms with E-state index in [1.54, 1.807) is 0 Å². The normalized spacial score (nSPS) is 12.3. The Labute approximate surface area is 409 Å². The minimum atomic E-state index is -0.784. The highest BCUT2D eigenvalue weighted by molar-refractivity contribution is 5.71. The van der Waals surface area contributed by atoms with Gasteiger partial charge in [-0.3, -0.25) is 14.4 Å². The number of hydrogen-bond donors (Lipinski definition) is 0. The summed E-state index contributed by atoms with van der Waals surface area (Å²) in [5.41, 5.74) is 0. The molecule has 0 heterocycles. The third-order valence-electron chi connectivity index (χ3n) is 12.5. The third kappa shape index (κ3) is 52.3. The minimum Gasteiger partial charge on any atom is -0.462 e. The van der Waals surface area contributed by atoms with Gasteiger partial charge < -0.3 is 14.2 Å². The van der Waals surface area contributed by atoms with Crippen LogP contribution in [-0.2, 0) is 28.6 Å². The molecule has 0 fully saturated rings. The molecule has 0 amide bonds. The first-order valence-corrected chi connectivity index (χ1v) is 28.6. The summed E-state index contributed by atoms with van der Waals surface area (Å²) in [6.07, 6.45) is 66.8. The van der Waals surface area contributed by atoms with E-state index in [0.29, 0.717) is 19.3 Å². The molecule has 0 rings (SSSR count). The first kappa shape index (κ1) is 63.4. The van der Waals surface area contributed by atoms with Gasteiger partial charge in [0.25, 0.3) is 0 Å². The second kappa shape index (κ2) is 55.0. The van der Waals surface area contributed by atoms with E-state index >= 15 is 0 Å². The quantitative estimate of drug-likeness (QED) is 0.0262. The predicted octanol–water partition coefficient (Wildman–Crippen LogP) is 19.0. The summed E-state index contributed by atoms with van der Waals surface area (Å²) in [5.74, 6) is -0.897. The summed E-state index contributed by atoms with van der Waals surface area (Å²) in [6, 6.07) is 0. The van der Waals surface area contributed by atoms with E-state index in [4.69, 9.17) is 14.2 Å². The molecule has 0 aliphatic carbocycles. The molecule has 6 heteroatoms. The Kier molecular flexibility index (Phi) is 52.8. The first-order chi connectivity index (χ1) is 32.5. The molecule has 0 aromatic rings. The van der Waals surface area contributed by atoms with Crippen molar-refractivity contribution in [3.63, 3.8) is 0 Å². The molecule has 0 aliphatic rings. The number of hydrogen-bond acceptors (Lipinski definition) is 6. The zero-order chi connectivity index (χ0) is 47.9. The van der Waals surface area contributed by atoms with Crippen molar-refractivity contribution in [2.45, 2.75) is 303 Å². The Morgan fingerprint density at radius 2 is 0.591 bits per heavy atom. The van der Waals surface area contributed by atoms with Crippen LogP contribution in [0, 0.1) is 0 Å². The van der Waals surface area contributed by atoms with Crippen LogP contribution in [0.4, 0.5) is 0 Å². The lowest BCUT2D eigenvalue weighted by atomic mass is 10.0. The van der Waals surface area contributed by atoms with Crippen LogP contribution >= 0.6 is 0 Å². The molecule has 0 spiro atoms. The summed E-state index contributed by atoms with van der Waals surface area (Å²) in [6.45, 7) is 6.54. The van der Waals surface area contributed by atoms with Gasteiger partial charge in [0.05, 0.1) is 0 Å². The molecule has 1 atom stereocenters. The fourth-order valence-corrected chi connectivity index (χ4v) is 8.20. The first-order valence-electron chi connectivity index (χ1n) is 28.6. The molecule has 0 aromatic heterocycles. The van der Waals surface area contributed by atoms with Gasteiger partial charge in [-0.2, -0.15) is 0 Å². The van der Waals surface area contributed by atoms with Gasteiger partial charge in [-0.05, 0) is 70.6 Å². The smallest absolute Gasteiger partial charge is 0.306 e. The molecule has 0 aliphatic heterocycles. The molecular weight excluding hydrogens is 817 g/mol. The maximum absolute atomic E-state index is 12.8. The van der Waals surface area contributed by atoms with Crippen LogP contribution < -0.4 is 0 Å². The lowest BCUT2D eigenvalue weighted by Crippen LogP contribution is -2.30. The highest BCUT2D eigenvalue weighted by Crippen LogP contribution is 2.17. The lowest BCUT2D eigenvalue weighted by Gasteiger charge is -2.18. The second-order valence-electron chi connectivity index (χ2n) is 19.2. The van der Waals surface area contributed by atoms with E-state index in [1.165, 1.54) is 148 Å². The zero-order valence-electron chi connectivity index (χ0n) is 44.0. The molecular formula is C60H108O6. The van der Waals surface area contributed by atoms with E-state index < -0.39 is 6.10 Å². The van der Waals surface area contributed by atoms with Gasteiger partial charge in [0.2, 0.25) is 0 Å². The van der Waals surface area contributed by atoms with Crippen LogP contribution in [0.1, 0.15) is 297 Å². The Hall–Kier alpha value is -2.63. The Morgan fingerprint density at radius 3 is 0.939 bits per heavy atom. The van der Waals surface area contributed by atoms with Gasteiger partial charge in [-0.25, -0.2) is 0 Å². The van der Waals surface area contributed by atoms with Crippen LogP contribution in [0.2, 0.25) is 0 Å². The average molecular weight is 926 g/mol. The standard InChI is InChI=1S/C60H108O6/c1-4-7-10-13-16-19-22-25-27-28-29-30-31-32-33-36-38-41-44-47-50-53-59(62)65-56-57(55-64-58(61)52-49-46-43-40-37-34-24-21-18-15-12-9-6-3)66-60(63)54-51-48-45-42-39-35-26-23-20-17-14-11-8-5-2/h12,14-15,17,21,23-24,26,57H,4-11,13,16,18-20,22,25,27-56H2,1-3H3/b15-12-,17-14-,24-21-,26-23-. The summed E-state index contributed by atoms with van der Waals surface area (Å²) in [4.78, 5) is 38.1. The van der Waals surface area contributed by atoms with Crippen molar-refractivity contribution >= 4 is 17.9 Å². The molecule has 0 radical (unpaired) electrons. The molecule has 0 saturated carbocycles. The Bertz CT molecular complexity index is 1150. The van der Waals surface area contributed by atoms with Gasteiger partial charge in [-0.1, -0.05) is 256 Å². The SMILES string of the molecule is CCC/C=C\C/C=C\CCCCCCCC(=O)OCC(COC(=O)CCCCCCCCCCCCCCCCCCCCCCC)OC(=O)CCCCCCC/C=C\C/C=C\CCCC. The van der Waals surface area contributed by atoms with Crippen molar-refractivity contribution in [3.8, 4) is 0 Å². The minimum absolute atomic E-state index is 0.0807. The monoisotopic (exact) mass is 925 g/mol. The number of carbonyl (C=O) groups excluding carboxylic acids is 3. The highest BCUT2D eigenvalue weighted by Gasteiger charge is 2.19. The topological polar surface area (TPSA) is 78.9 Å². The molecule has 1 unspecified atom stereocenters. The summed E-state index contributed by atoms with van der Waals surface area (Å²) in [7, 11) is 0. The molecule has 384 valence electrons. The zero-order valence-corrected chi connectivity index (χ0v) is 44.0. The number of esters is 3. The maximum atomic E-state index is 12.8. The Morgan fingerprint density at radius 1 is 0.303 bits per heavy atom. The maximum Gasteiger partial charge on any atom is 0.306 e. The molecule has 6 nitrogen and oxygen atoms in total. The largest absolute Gasteiger partial charge is 0.462 e. The van der Waals surface area contributed by atoms with E-state index in [0.717, 1.165) is 109 Å². The fourth-order valence-electron chi connectivity index (χ4n) is 8.20. The van der Waals surface area contributed by atoms with Gasteiger partial charge in [-0.15, -0.1) is 0 Å². The van der Waals surface area contributed by atoms with Crippen molar-refractivity contribution in [1.82, 2.24) is 0 Å². The van der Waals surface area contributed by atoms with Gasteiger partial charge >= 0.3 is 17.9 Å². The highest BCUT2D eigenvalue weighted by atomic mass is 16.6. The average Bonchev–Trinajstić information content (AvgIpc) is 3.31. The molecule has 0 N–H and O–H groups in total. The van der Waals surface area contributed by atoms with Crippen molar-refractivity contribution in [2.75, 3.05) is 13.2 Å². The number of ether oxygens (including phenoxy) is 3. The van der Waals surface area contributed by atoms with E-state index in [9.17, 15) is 14.4 Å². The molecule has 0 bridgehead atoms. The lowest BCUT2D eigenvalue weighted by molar-refractivity contribution is -0.167. The molecule has 0 aromatic carbocycles. The van der Waals surface area contributed by atoms with Crippen molar-refractivity contribution in [3.05, 3.63) is 48.6 Å². The number of carbonyl (C=O) groups is 3. The van der Waals surface area contributed by atoms with Crippen molar-refractivity contribution in [1.29, 1.82) is 0 Å². The van der Waals surface area contributed by atoms with Gasteiger partial charge in [0.15, 0.2) is 6.10 Å². The van der Waals surface area contributed by atoms with E-state index in [-0.39, 0.29) is 31.1 Å². The van der Waals surface area contributed by atoms with E-state index in [1.807, 2.05) is 0 Å². The fraction of sp³-hybridized carbons (Fsp3) is 0.817. The van der Waals surface area contributed by atoms with Crippen LogP contribution in [0.5, 0.6) is 0 Å². The number of unbranched alkanes of at least 4 members (excludes halogenated alkanes) is 33. The van der Waals surface area contributed by atoms with Crippen LogP contribution in [0.3, 0.4) is 0 Å².